The first-order valence-corrected chi connectivity index (χ1v) is 9.28. The van der Waals surface area contributed by atoms with Gasteiger partial charge < -0.3 is 9.42 Å². The molecule has 1 unspecified atom stereocenters. The van der Waals surface area contributed by atoms with Crippen molar-refractivity contribution in [3.8, 4) is 11.4 Å². The number of halogens is 5. The van der Waals surface area contributed by atoms with Crippen LogP contribution in [0.4, 0.5) is 23.2 Å². The molecule has 3 aromatic rings. The second kappa shape index (κ2) is 7.25. The highest BCUT2D eigenvalue weighted by molar-refractivity contribution is 9.10. The minimum absolute atomic E-state index is 0.0327. The summed E-state index contributed by atoms with van der Waals surface area (Å²) in [5, 5.41) is 3.86. The Bertz CT molecular complexity index is 1080. The predicted molar refractivity (Wildman–Crippen MR) is 98.5 cm³/mol. The summed E-state index contributed by atoms with van der Waals surface area (Å²) in [5.41, 5.74) is -0.143. The van der Waals surface area contributed by atoms with Gasteiger partial charge in [-0.05, 0) is 52.3 Å². The Morgan fingerprint density at radius 3 is 2.69 bits per heavy atom. The Morgan fingerprint density at radius 1 is 1.17 bits per heavy atom. The molecule has 0 saturated carbocycles. The van der Waals surface area contributed by atoms with Crippen molar-refractivity contribution in [3.05, 3.63) is 64.2 Å². The van der Waals surface area contributed by atoms with Crippen LogP contribution in [0, 0.1) is 5.82 Å². The monoisotopic (exact) mass is 469 g/mol. The normalized spacial score (nSPS) is 17.2. The molecule has 1 atom stereocenters. The lowest BCUT2D eigenvalue weighted by molar-refractivity contribution is -0.137. The van der Waals surface area contributed by atoms with E-state index in [0.717, 1.165) is 12.1 Å². The van der Waals surface area contributed by atoms with Crippen molar-refractivity contribution < 1.29 is 26.9 Å². The Labute approximate surface area is 170 Å². The van der Waals surface area contributed by atoms with Crippen molar-refractivity contribution in [1.29, 1.82) is 0 Å². The van der Waals surface area contributed by atoms with E-state index in [4.69, 9.17) is 4.52 Å². The third-order valence-electron chi connectivity index (χ3n) is 4.58. The summed E-state index contributed by atoms with van der Waals surface area (Å²) >= 11 is 3.09. The van der Waals surface area contributed by atoms with E-state index in [1.54, 1.807) is 0 Å². The fourth-order valence-corrected chi connectivity index (χ4v) is 3.50. The first-order valence-electron chi connectivity index (χ1n) is 8.49. The molecule has 0 N–H and O–H groups in total. The zero-order chi connectivity index (χ0) is 20.8. The van der Waals surface area contributed by atoms with Gasteiger partial charge in [0.1, 0.15) is 5.82 Å². The number of anilines is 1. The van der Waals surface area contributed by atoms with Crippen molar-refractivity contribution in [2.24, 2.45) is 0 Å². The van der Waals surface area contributed by atoms with Gasteiger partial charge in [-0.15, -0.1) is 0 Å². The second-order valence-corrected chi connectivity index (χ2v) is 7.39. The molecule has 0 aliphatic carbocycles. The van der Waals surface area contributed by atoms with Crippen LogP contribution in [0.5, 0.6) is 0 Å². The molecule has 2 aromatic carbocycles. The number of alkyl halides is 3. The number of rotatable bonds is 3. The van der Waals surface area contributed by atoms with Gasteiger partial charge >= 0.3 is 6.18 Å². The van der Waals surface area contributed by atoms with E-state index in [2.05, 4.69) is 26.1 Å². The van der Waals surface area contributed by atoms with E-state index in [-0.39, 0.29) is 40.7 Å². The fraction of sp³-hybridized carbons (Fsp3) is 0.211. The molecule has 2 heterocycles. The minimum atomic E-state index is -4.50. The van der Waals surface area contributed by atoms with Gasteiger partial charge in [0, 0.05) is 24.2 Å². The molecule has 0 bridgehead atoms. The lowest BCUT2D eigenvalue weighted by Gasteiger charge is -2.17. The molecule has 1 aliphatic rings. The number of benzene rings is 2. The van der Waals surface area contributed by atoms with Crippen molar-refractivity contribution in [3.63, 3.8) is 0 Å². The standard InChI is InChI=1S/C19H12BrF4N3O2/c20-14-6-10(4-5-15(14)21)17-25-18(29-26-17)11-7-16(28)27(9-11)13-3-1-2-12(8-13)19(22,23)24/h1-6,8,11H,7,9H2. The molecule has 1 fully saturated rings. The molecule has 10 heteroatoms. The summed E-state index contributed by atoms with van der Waals surface area (Å²) in [7, 11) is 0. The van der Waals surface area contributed by atoms with Crippen LogP contribution < -0.4 is 4.90 Å². The molecule has 5 nitrogen and oxygen atoms in total. The minimum Gasteiger partial charge on any atom is -0.339 e. The smallest absolute Gasteiger partial charge is 0.339 e. The number of hydrogen-bond donors (Lipinski definition) is 0. The molecule has 1 aliphatic heterocycles. The lowest BCUT2D eigenvalue weighted by Crippen LogP contribution is -2.24. The summed E-state index contributed by atoms with van der Waals surface area (Å²) in [5.74, 6) is -0.801. The van der Waals surface area contributed by atoms with Crippen molar-refractivity contribution in [2.75, 3.05) is 11.4 Å². The van der Waals surface area contributed by atoms with E-state index in [9.17, 15) is 22.4 Å². The van der Waals surface area contributed by atoms with Gasteiger partial charge in [-0.1, -0.05) is 11.2 Å². The molecule has 29 heavy (non-hydrogen) atoms. The molecule has 4 rings (SSSR count). The number of aromatic nitrogens is 2. The van der Waals surface area contributed by atoms with Crippen LogP contribution in [-0.2, 0) is 11.0 Å². The molecule has 0 spiro atoms. The molecular formula is C19H12BrF4N3O2. The number of amides is 1. The first-order chi connectivity index (χ1) is 13.7. The second-order valence-electron chi connectivity index (χ2n) is 6.54. The van der Waals surface area contributed by atoms with Gasteiger partial charge in [0.05, 0.1) is 16.0 Å². The third-order valence-corrected chi connectivity index (χ3v) is 5.19. The van der Waals surface area contributed by atoms with E-state index in [1.807, 2.05) is 0 Å². The van der Waals surface area contributed by atoms with Crippen LogP contribution in [0.1, 0.15) is 23.8 Å². The summed E-state index contributed by atoms with van der Waals surface area (Å²) in [6, 6.07) is 8.84. The number of carbonyl (C=O) groups is 1. The number of nitrogens with zero attached hydrogens (tertiary/aromatic N) is 3. The molecule has 1 aromatic heterocycles. The number of hydrogen-bond acceptors (Lipinski definition) is 4. The van der Waals surface area contributed by atoms with Crippen molar-refractivity contribution >= 4 is 27.5 Å². The Kier molecular flexibility index (Phi) is 4.89. The van der Waals surface area contributed by atoms with E-state index in [0.29, 0.717) is 5.56 Å². The van der Waals surface area contributed by atoms with E-state index in [1.165, 1.54) is 35.2 Å². The van der Waals surface area contributed by atoms with Gasteiger partial charge in [-0.2, -0.15) is 18.2 Å². The van der Waals surface area contributed by atoms with Crippen molar-refractivity contribution in [2.45, 2.75) is 18.5 Å². The topological polar surface area (TPSA) is 59.2 Å². The lowest BCUT2D eigenvalue weighted by atomic mass is 10.1. The third kappa shape index (κ3) is 3.89. The van der Waals surface area contributed by atoms with Crippen molar-refractivity contribution in [1.82, 2.24) is 10.1 Å². The van der Waals surface area contributed by atoms with Gasteiger partial charge in [-0.3, -0.25) is 4.79 Å². The highest BCUT2D eigenvalue weighted by Crippen LogP contribution is 2.36. The molecule has 150 valence electrons. The van der Waals surface area contributed by atoms with Gasteiger partial charge in [0.15, 0.2) is 0 Å². The zero-order valence-corrected chi connectivity index (χ0v) is 16.2. The predicted octanol–water partition coefficient (Wildman–Crippen LogP) is 5.18. The van der Waals surface area contributed by atoms with Crippen LogP contribution in [0.25, 0.3) is 11.4 Å². The van der Waals surface area contributed by atoms with Gasteiger partial charge in [0.2, 0.25) is 17.6 Å². The Morgan fingerprint density at radius 2 is 1.97 bits per heavy atom. The average Bonchev–Trinajstić information content (AvgIpc) is 3.30. The van der Waals surface area contributed by atoms with Gasteiger partial charge in [0.25, 0.3) is 0 Å². The SMILES string of the molecule is O=C1CC(c2nc(-c3ccc(F)c(Br)c3)no2)CN1c1cccc(C(F)(F)F)c1. The van der Waals surface area contributed by atoms with E-state index < -0.39 is 23.5 Å². The van der Waals surface area contributed by atoms with Crippen LogP contribution in [0.15, 0.2) is 51.5 Å². The van der Waals surface area contributed by atoms with Crippen LogP contribution in [0.2, 0.25) is 0 Å². The maximum atomic E-state index is 13.4. The summed E-state index contributed by atoms with van der Waals surface area (Å²) < 4.78 is 57.7. The molecule has 0 radical (unpaired) electrons. The molecular weight excluding hydrogens is 458 g/mol. The van der Waals surface area contributed by atoms with E-state index >= 15 is 0 Å². The summed E-state index contributed by atoms with van der Waals surface area (Å²) in [4.78, 5) is 17.9. The average molecular weight is 470 g/mol. The van der Waals surface area contributed by atoms with Crippen LogP contribution in [-0.4, -0.2) is 22.6 Å². The molecule has 1 saturated heterocycles. The highest BCUT2D eigenvalue weighted by Gasteiger charge is 2.37. The highest BCUT2D eigenvalue weighted by atomic mass is 79.9. The number of carbonyl (C=O) groups excluding carboxylic acids is 1. The fourth-order valence-electron chi connectivity index (χ4n) is 3.13. The Balaban J connectivity index is 1.56. The zero-order valence-electron chi connectivity index (χ0n) is 14.6. The van der Waals surface area contributed by atoms with Crippen LogP contribution in [0.3, 0.4) is 0 Å². The molecule has 1 amide bonds. The maximum absolute atomic E-state index is 13.4. The maximum Gasteiger partial charge on any atom is 0.416 e. The quantitative estimate of drug-likeness (QED) is 0.496. The first kappa shape index (κ1) is 19.6. The largest absolute Gasteiger partial charge is 0.416 e. The van der Waals surface area contributed by atoms with Gasteiger partial charge in [-0.25, -0.2) is 4.39 Å². The summed E-state index contributed by atoms with van der Waals surface area (Å²) in [6.07, 6.45) is -4.46. The van der Waals surface area contributed by atoms with Crippen LogP contribution >= 0.6 is 15.9 Å². The summed E-state index contributed by atoms with van der Waals surface area (Å²) in [6.45, 7) is 0.120. The Hall–Kier alpha value is -2.75.